The molecule has 0 unspecified atom stereocenters. The Kier molecular flexibility index (Phi) is 3.27. The first-order valence-electron chi connectivity index (χ1n) is 6.74. The summed E-state index contributed by atoms with van der Waals surface area (Å²) in [5.74, 6) is 0. The van der Waals surface area contributed by atoms with Crippen LogP contribution < -0.4 is 4.90 Å². The largest absolute Gasteiger partial charge is 0.335 e. The van der Waals surface area contributed by atoms with Gasteiger partial charge in [-0.05, 0) is 50.1 Å². The topological polar surface area (TPSA) is 16.1 Å². The highest BCUT2D eigenvalue weighted by Gasteiger charge is 2.34. The summed E-state index contributed by atoms with van der Waals surface area (Å²) in [5, 5.41) is 0.766. The van der Waals surface area contributed by atoms with Crippen molar-refractivity contribution in [2.45, 2.75) is 25.8 Å². The Balaban J connectivity index is 2.07. The van der Waals surface area contributed by atoms with Crippen LogP contribution >= 0.6 is 11.6 Å². The Morgan fingerprint density at radius 3 is 2.60 bits per heavy atom. The molecule has 102 valence electrons. The van der Waals surface area contributed by atoms with Gasteiger partial charge >= 0.3 is 0 Å². The molecule has 0 amide bonds. The lowest BCUT2D eigenvalue weighted by molar-refractivity contribution is 0.538. The molecular formula is C17H17ClN2. The summed E-state index contributed by atoms with van der Waals surface area (Å²) in [4.78, 5) is 6.47. The second-order valence-corrected chi connectivity index (χ2v) is 6.09. The number of benzene rings is 1. The molecule has 0 saturated carbocycles. The van der Waals surface area contributed by atoms with Gasteiger partial charge in [0.1, 0.15) is 0 Å². The van der Waals surface area contributed by atoms with Crippen molar-refractivity contribution >= 4 is 23.0 Å². The number of hydrogen-bond acceptors (Lipinski definition) is 2. The second kappa shape index (κ2) is 4.95. The highest BCUT2D eigenvalue weighted by atomic mass is 35.5. The van der Waals surface area contributed by atoms with Gasteiger partial charge in [-0.25, -0.2) is 0 Å². The molecule has 0 bridgehead atoms. The van der Waals surface area contributed by atoms with E-state index in [1.807, 2.05) is 42.7 Å². The molecule has 1 aromatic heterocycles. The van der Waals surface area contributed by atoms with Gasteiger partial charge < -0.3 is 4.90 Å². The van der Waals surface area contributed by atoms with Gasteiger partial charge in [-0.15, -0.1) is 0 Å². The first kappa shape index (κ1) is 13.2. The third-order valence-electron chi connectivity index (χ3n) is 3.68. The summed E-state index contributed by atoms with van der Waals surface area (Å²) in [5.41, 5.74) is 3.58. The Morgan fingerprint density at radius 1 is 1.15 bits per heavy atom. The van der Waals surface area contributed by atoms with Gasteiger partial charge in [0, 0.05) is 34.3 Å². The van der Waals surface area contributed by atoms with Crippen LogP contribution in [0.1, 0.15) is 25.8 Å². The number of rotatable bonds is 2. The number of aromatic nitrogens is 1. The van der Waals surface area contributed by atoms with Crippen LogP contribution in [0.2, 0.25) is 5.02 Å². The number of nitrogens with zero attached hydrogens (tertiary/aromatic N) is 2. The molecule has 0 aliphatic carbocycles. The molecule has 0 N–H and O–H groups in total. The average Bonchev–Trinajstić information content (AvgIpc) is 2.75. The quantitative estimate of drug-likeness (QED) is 0.790. The lowest BCUT2D eigenvalue weighted by Gasteiger charge is -2.36. The van der Waals surface area contributed by atoms with E-state index in [2.05, 4.69) is 35.9 Å². The van der Waals surface area contributed by atoms with Crippen LogP contribution in [0.15, 0.2) is 54.9 Å². The van der Waals surface area contributed by atoms with E-state index in [9.17, 15) is 0 Å². The summed E-state index contributed by atoms with van der Waals surface area (Å²) in [6, 6.07) is 12.1. The minimum absolute atomic E-state index is 0.0546. The van der Waals surface area contributed by atoms with Crippen LogP contribution in [-0.2, 0) is 0 Å². The smallest absolute Gasteiger partial charge is 0.0450 e. The highest BCUT2D eigenvalue weighted by molar-refractivity contribution is 6.30. The fourth-order valence-electron chi connectivity index (χ4n) is 2.73. The normalized spacial score (nSPS) is 17.1. The lowest BCUT2D eigenvalue weighted by atomic mass is 10.0. The molecule has 2 heterocycles. The van der Waals surface area contributed by atoms with Gasteiger partial charge in [-0.2, -0.15) is 0 Å². The van der Waals surface area contributed by atoms with Crippen LogP contribution in [0.5, 0.6) is 0 Å². The van der Waals surface area contributed by atoms with Crippen LogP contribution in [-0.4, -0.2) is 10.5 Å². The van der Waals surface area contributed by atoms with E-state index < -0.39 is 0 Å². The molecule has 2 nitrogen and oxygen atoms in total. The lowest BCUT2D eigenvalue weighted by Crippen LogP contribution is -2.38. The monoisotopic (exact) mass is 284 g/mol. The van der Waals surface area contributed by atoms with Crippen molar-refractivity contribution in [2.24, 2.45) is 0 Å². The number of halogens is 1. The molecule has 3 heteroatoms. The van der Waals surface area contributed by atoms with E-state index in [0.717, 1.165) is 22.7 Å². The third-order valence-corrected chi connectivity index (χ3v) is 3.92. The van der Waals surface area contributed by atoms with Gasteiger partial charge in [0.05, 0.1) is 0 Å². The maximum absolute atomic E-state index is 6.13. The van der Waals surface area contributed by atoms with Gasteiger partial charge in [0.15, 0.2) is 0 Å². The zero-order valence-electron chi connectivity index (χ0n) is 11.7. The first-order valence-corrected chi connectivity index (χ1v) is 7.12. The molecule has 0 atom stereocenters. The SMILES string of the molecule is CC1(C)CC=C(c2cccc(Cl)c2)N1c1ccncc1. The first-order chi connectivity index (χ1) is 9.58. The third kappa shape index (κ3) is 2.32. The summed E-state index contributed by atoms with van der Waals surface area (Å²) in [7, 11) is 0. The van der Waals surface area contributed by atoms with E-state index in [1.165, 1.54) is 5.70 Å². The summed E-state index contributed by atoms with van der Waals surface area (Å²) >= 11 is 6.13. The van der Waals surface area contributed by atoms with Crippen molar-refractivity contribution in [3.8, 4) is 0 Å². The Labute approximate surface area is 124 Å². The molecule has 3 rings (SSSR count). The van der Waals surface area contributed by atoms with E-state index in [4.69, 9.17) is 11.6 Å². The molecule has 1 aromatic carbocycles. The minimum atomic E-state index is 0.0546. The zero-order valence-corrected chi connectivity index (χ0v) is 12.4. The number of pyridine rings is 1. The molecule has 1 aliphatic heterocycles. The zero-order chi connectivity index (χ0) is 14.2. The fourth-order valence-corrected chi connectivity index (χ4v) is 2.92. The standard InChI is InChI=1S/C17H17ClN2/c1-17(2)9-6-16(13-4-3-5-14(18)12-13)20(17)15-7-10-19-11-8-15/h3-8,10-12H,9H2,1-2H3. The number of anilines is 1. The Hall–Kier alpha value is -1.80. The van der Waals surface area contributed by atoms with Crippen LogP contribution in [0, 0.1) is 0 Å². The van der Waals surface area contributed by atoms with E-state index in [1.54, 1.807) is 0 Å². The van der Waals surface area contributed by atoms with E-state index >= 15 is 0 Å². The average molecular weight is 285 g/mol. The van der Waals surface area contributed by atoms with Crippen molar-refractivity contribution in [3.05, 3.63) is 65.5 Å². The van der Waals surface area contributed by atoms with Crippen LogP contribution in [0.25, 0.3) is 5.70 Å². The molecule has 1 aliphatic rings. The van der Waals surface area contributed by atoms with Crippen LogP contribution in [0.4, 0.5) is 5.69 Å². The fraction of sp³-hybridized carbons (Fsp3) is 0.235. The maximum atomic E-state index is 6.13. The minimum Gasteiger partial charge on any atom is -0.335 e. The molecule has 2 aromatic rings. The van der Waals surface area contributed by atoms with Crippen molar-refractivity contribution in [3.63, 3.8) is 0 Å². The maximum Gasteiger partial charge on any atom is 0.0450 e. The summed E-state index contributed by atoms with van der Waals surface area (Å²) in [6.07, 6.45) is 6.96. The predicted molar refractivity (Wildman–Crippen MR) is 84.8 cm³/mol. The van der Waals surface area contributed by atoms with Gasteiger partial charge in [0.25, 0.3) is 0 Å². The van der Waals surface area contributed by atoms with Gasteiger partial charge in [0.2, 0.25) is 0 Å². The van der Waals surface area contributed by atoms with Crippen LogP contribution in [0.3, 0.4) is 0 Å². The van der Waals surface area contributed by atoms with Gasteiger partial charge in [-0.3, -0.25) is 4.98 Å². The van der Waals surface area contributed by atoms with Gasteiger partial charge in [-0.1, -0.05) is 29.8 Å². The summed E-state index contributed by atoms with van der Waals surface area (Å²) < 4.78 is 0. The summed E-state index contributed by atoms with van der Waals surface area (Å²) in [6.45, 7) is 4.50. The molecule has 0 radical (unpaired) electrons. The number of hydrogen-bond donors (Lipinski definition) is 0. The Bertz CT molecular complexity index is 647. The molecule has 0 spiro atoms. The van der Waals surface area contributed by atoms with Crippen molar-refractivity contribution in [1.29, 1.82) is 0 Å². The predicted octanol–water partition coefficient (Wildman–Crippen LogP) is 4.76. The Morgan fingerprint density at radius 2 is 1.90 bits per heavy atom. The van der Waals surface area contributed by atoms with E-state index in [-0.39, 0.29) is 5.54 Å². The van der Waals surface area contributed by atoms with Crippen molar-refractivity contribution in [2.75, 3.05) is 4.90 Å². The van der Waals surface area contributed by atoms with Crippen molar-refractivity contribution < 1.29 is 0 Å². The molecular weight excluding hydrogens is 268 g/mol. The molecule has 0 fully saturated rings. The molecule has 0 saturated heterocycles. The van der Waals surface area contributed by atoms with Crippen molar-refractivity contribution in [1.82, 2.24) is 4.98 Å². The second-order valence-electron chi connectivity index (χ2n) is 5.66. The van der Waals surface area contributed by atoms with E-state index in [0.29, 0.717) is 0 Å². The highest BCUT2D eigenvalue weighted by Crippen LogP contribution is 2.41. The molecule has 20 heavy (non-hydrogen) atoms.